The number of halogens is 3. The Balaban J connectivity index is 1.61. The predicted molar refractivity (Wildman–Crippen MR) is 103 cm³/mol. The maximum atomic E-state index is 13.1. The van der Waals surface area contributed by atoms with Gasteiger partial charge < -0.3 is 15.7 Å². The van der Waals surface area contributed by atoms with Crippen molar-refractivity contribution in [2.75, 3.05) is 6.67 Å². The second kappa shape index (κ2) is 9.71. The molecule has 2 unspecified atom stereocenters. The zero-order valence-electron chi connectivity index (χ0n) is 16.0. The summed E-state index contributed by atoms with van der Waals surface area (Å²) in [6.45, 7) is -0.834. The van der Waals surface area contributed by atoms with Crippen LogP contribution in [0.15, 0.2) is 42.6 Å². The highest BCUT2D eigenvalue weighted by Crippen LogP contribution is 2.29. The van der Waals surface area contributed by atoms with Crippen LogP contribution in [0.1, 0.15) is 30.2 Å². The summed E-state index contributed by atoms with van der Waals surface area (Å²) in [7, 11) is 0. The molecule has 0 aliphatic heterocycles. The first-order valence-corrected chi connectivity index (χ1v) is 9.54. The number of hydrogen-bond donors (Lipinski definition) is 3. The van der Waals surface area contributed by atoms with Crippen LogP contribution in [0.4, 0.5) is 13.2 Å². The van der Waals surface area contributed by atoms with Crippen LogP contribution in [0.2, 0.25) is 0 Å². The van der Waals surface area contributed by atoms with E-state index >= 15 is 0 Å². The molecule has 1 aliphatic carbocycles. The summed E-state index contributed by atoms with van der Waals surface area (Å²) in [5.41, 5.74) is 2.57. The maximum absolute atomic E-state index is 13.1. The molecular formula is C21H22F3N3O3. The highest BCUT2D eigenvalue weighted by atomic mass is 19.3. The molecule has 6 nitrogen and oxygen atoms in total. The van der Waals surface area contributed by atoms with Gasteiger partial charge in [-0.25, -0.2) is 4.39 Å². The molecule has 0 spiro atoms. The summed E-state index contributed by atoms with van der Waals surface area (Å²) in [6.07, 6.45) is -1.23. The number of rotatable bonds is 9. The highest BCUT2D eigenvalue weighted by Gasteiger charge is 2.29. The topological polar surface area (TPSA) is 91.3 Å². The SMILES string of the molecule is O=C(NC(CF)C(O)c1ccc(-c2ccc(CNC(=O)C3CC3)nc2)cc1)C(F)F. The zero-order chi connectivity index (χ0) is 21.7. The number of aliphatic hydroxyl groups excluding tert-OH is 1. The summed E-state index contributed by atoms with van der Waals surface area (Å²) in [6, 6.07) is 8.57. The van der Waals surface area contributed by atoms with Gasteiger partial charge in [0.15, 0.2) is 0 Å². The molecule has 3 N–H and O–H groups in total. The molecule has 1 aromatic carbocycles. The van der Waals surface area contributed by atoms with Crippen LogP contribution >= 0.6 is 0 Å². The monoisotopic (exact) mass is 421 g/mol. The number of amides is 2. The summed E-state index contributed by atoms with van der Waals surface area (Å²) >= 11 is 0. The molecule has 1 saturated carbocycles. The summed E-state index contributed by atoms with van der Waals surface area (Å²) in [5.74, 6) is -1.45. The van der Waals surface area contributed by atoms with Gasteiger partial charge in [0.05, 0.1) is 18.3 Å². The third-order valence-corrected chi connectivity index (χ3v) is 4.88. The Morgan fingerprint density at radius 2 is 1.77 bits per heavy atom. The van der Waals surface area contributed by atoms with Crippen LogP contribution < -0.4 is 10.6 Å². The number of aliphatic hydroxyl groups is 1. The first kappa shape index (κ1) is 21.8. The lowest BCUT2D eigenvalue weighted by molar-refractivity contribution is -0.133. The maximum Gasteiger partial charge on any atom is 0.315 e. The van der Waals surface area contributed by atoms with Gasteiger partial charge in [0, 0.05) is 17.7 Å². The number of pyridine rings is 1. The van der Waals surface area contributed by atoms with E-state index in [1.165, 1.54) is 12.1 Å². The summed E-state index contributed by atoms with van der Waals surface area (Å²) in [5, 5.41) is 14.8. The van der Waals surface area contributed by atoms with Crippen molar-refractivity contribution in [1.29, 1.82) is 0 Å². The molecule has 0 saturated heterocycles. The van der Waals surface area contributed by atoms with E-state index in [-0.39, 0.29) is 17.4 Å². The highest BCUT2D eigenvalue weighted by molar-refractivity contribution is 5.80. The molecule has 0 radical (unpaired) electrons. The molecular weight excluding hydrogens is 399 g/mol. The van der Waals surface area contributed by atoms with E-state index in [4.69, 9.17) is 0 Å². The minimum absolute atomic E-state index is 0.0475. The van der Waals surface area contributed by atoms with Gasteiger partial charge in [0.2, 0.25) is 5.91 Å². The lowest BCUT2D eigenvalue weighted by atomic mass is 9.99. The zero-order valence-corrected chi connectivity index (χ0v) is 16.0. The predicted octanol–water partition coefficient (Wildman–Crippen LogP) is 2.53. The Morgan fingerprint density at radius 1 is 1.10 bits per heavy atom. The van der Waals surface area contributed by atoms with Crippen LogP contribution in [0, 0.1) is 5.92 Å². The fourth-order valence-corrected chi connectivity index (χ4v) is 2.92. The van der Waals surface area contributed by atoms with Crippen molar-refractivity contribution >= 4 is 11.8 Å². The smallest absolute Gasteiger partial charge is 0.315 e. The van der Waals surface area contributed by atoms with E-state index in [0.29, 0.717) is 6.54 Å². The van der Waals surface area contributed by atoms with Crippen molar-refractivity contribution in [3.63, 3.8) is 0 Å². The Kier molecular flexibility index (Phi) is 7.04. The van der Waals surface area contributed by atoms with Crippen molar-refractivity contribution in [2.45, 2.75) is 38.0 Å². The fraction of sp³-hybridized carbons (Fsp3) is 0.381. The van der Waals surface area contributed by atoms with Crippen molar-refractivity contribution in [3.8, 4) is 11.1 Å². The fourth-order valence-electron chi connectivity index (χ4n) is 2.92. The van der Waals surface area contributed by atoms with Gasteiger partial charge in [-0.15, -0.1) is 0 Å². The second-order valence-electron chi connectivity index (χ2n) is 7.17. The number of benzene rings is 1. The molecule has 160 valence electrons. The third-order valence-electron chi connectivity index (χ3n) is 4.88. The van der Waals surface area contributed by atoms with Gasteiger partial charge in [-0.3, -0.25) is 14.6 Å². The third kappa shape index (κ3) is 5.56. The van der Waals surface area contributed by atoms with Gasteiger partial charge >= 0.3 is 6.43 Å². The quantitative estimate of drug-likeness (QED) is 0.580. The summed E-state index contributed by atoms with van der Waals surface area (Å²) < 4.78 is 37.8. The van der Waals surface area contributed by atoms with Crippen molar-refractivity contribution in [2.24, 2.45) is 5.92 Å². The Labute approximate surface area is 171 Å². The normalized spacial score (nSPS) is 15.5. The van der Waals surface area contributed by atoms with Gasteiger partial charge in [-0.05, 0) is 30.0 Å². The molecule has 1 aromatic heterocycles. The van der Waals surface area contributed by atoms with E-state index in [1.54, 1.807) is 29.7 Å². The van der Waals surface area contributed by atoms with E-state index in [0.717, 1.165) is 29.7 Å². The molecule has 9 heteroatoms. The largest absolute Gasteiger partial charge is 0.386 e. The molecule has 2 aromatic rings. The van der Waals surface area contributed by atoms with Crippen LogP contribution in [-0.2, 0) is 16.1 Å². The summed E-state index contributed by atoms with van der Waals surface area (Å²) in [4.78, 5) is 27.1. The van der Waals surface area contributed by atoms with Crippen LogP contribution in [0.3, 0.4) is 0 Å². The first-order valence-electron chi connectivity index (χ1n) is 9.54. The first-order chi connectivity index (χ1) is 14.4. The molecule has 2 amide bonds. The number of carbonyl (C=O) groups excluding carboxylic acids is 2. The Morgan fingerprint density at radius 3 is 2.30 bits per heavy atom. The van der Waals surface area contributed by atoms with Crippen molar-refractivity contribution in [1.82, 2.24) is 15.6 Å². The van der Waals surface area contributed by atoms with E-state index in [9.17, 15) is 27.9 Å². The molecule has 3 rings (SSSR count). The van der Waals surface area contributed by atoms with Crippen molar-refractivity contribution in [3.05, 3.63) is 53.9 Å². The lowest BCUT2D eigenvalue weighted by Gasteiger charge is -2.22. The molecule has 2 atom stereocenters. The Bertz CT molecular complexity index is 871. The Hall–Kier alpha value is -2.94. The number of hydrogen-bond acceptors (Lipinski definition) is 4. The van der Waals surface area contributed by atoms with Gasteiger partial charge in [0.1, 0.15) is 12.8 Å². The lowest BCUT2D eigenvalue weighted by Crippen LogP contribution is -2.43. The van der Waals surface area contributed by atoms with Crippen LogP contribution in [0.5, 0.6) is 0 Å². The van der Waals surface area contributed by atoms with Gasteiger partial charge in [0.25, 0.3) is 5.91 Å². The average molecular weight is 421 g/mol. The van der Waals surface area contributed by atoms with Crippen LogP contribution in [-0.4, -0.2) is 41.0 Å². The molecule has 1 aliphatic rings. The molecule has 1 heterocycles. The van der Waals surface area contributed by atoms with Crippen molar-refractivity contribution < 1.29 is 27.9 Å². The second-order valence-corrected chi connectivity index (χ2v) is 7.17. The van der Waals surface area contributed by atoms with E-state index in [2.05, 4.69) is 10.3 Å². The number of nitrogens with one attached hydrogen (secondary N) is 2. The van der Waals surface area contributed by atoms with Gasteiger partial charge in [-0.1, -0.05) is 30.3 Å². The minimum Gasteiger partial charge on any atom is -0.386 e. The van der Waals surface area contributed by atoms with Gasteiger partial charge in [-0.2, -0.15) is 8.78 Å². The molecule has 30 heavy (non-hydrogen) atoms. The number of aromatic nitrogens is 1. The average Bonchev–Trinajstić information content (AvgIpc) is 3.61. The number of alkyl halides is 3. The molecule has 1 fully saturated rings. The van der Waals surface area contributed by atoms with E-state index in [1.807, 2.05) is 6.07 Å². The van der Waals surface area contributed by atoms with Crippen LogP contribution in [0.25, 0.3) is 11.1 Å². The standard InChI is InChI=1S/C21H22F3N3O3/c22-9-17(27-21(30)19(23)24)18(28)13-3-1-12(2-4-13)15-7-8-16(25-10-15)11-26-20(29)14-5-6-14/h1-4,7-8,10,14,17-19,28H,5-6,9,11H2,(H,26,29)(H,27,30). The molecule has 0 bridgehead atoms. The van der Waals surface area contributed by atoms with E-state index < -0.39 is 31.2 Å². The minimum atomic E-state index is -3.29. The number of nitrogens with zero attached hydrogens (tertiary/aromatic N) is 1. The number of carbonyl (C=O) groups is 2.